The molecule has 0 saturated heterocycles. The maximum atomic E-state index is 11.9. The van der Waals surface area contributed by atoms with Crippen molar-refractivity contribution in [3.05, 3.63) is 47.3 Å². The number of fused-ring (bicyclic) bond motifs is 1. The van der Waals surface area contributed by atoms with Crippen molar-refractivity contribution in [2.24, 2.45) is 7.05 Å². The smallest absolute Gasteiger partial charge is 0.261 e. The van der Waals surface area contributed by atoms with Gasteiger partial charge in [-0.25, -0.2) is 0 Å². The summed E-state index contributed by atoms with van der Waals surface area (Å²) in [4.78, 5) is 24.8. The van der Waals surface area contributed by atoms with Gasteiger partial charge in [0.15, 0.2) is 0 Å². The standard InChI is InChI=1S/C14H14N4O2/c1-17-13(19)11-4-3-9(7-12(11)14(17)20)15-8-10-5-6-16-18(10)2/h3-7,15H,8H2,1-2H3. The minimum Gasteiger partial charge on any atom is -0.379 e. The van der Waals surface area contributed by atoms with Crippen LogP contribution in [0.3, 0.4) is 0 Å². The van der Waals surface area contributed by atoms with Crippen LogP contribution in [0.1, 0.15) is 26.4 Å². The highest BCUT2D eigenvalue weighted by atomic mass is 16.2. The van der Waals surface area contributed by atoms with Crippen molar-refractivity contribution in [2.45, 2.75) is 6.54 Å². The SMILES string of the molecule is CN1C(=O)c2ccc(NCc3ccnn3C)cc2C1=O. The van der Waals surface area contributed by atoms with Gasteiger partial charge >= 0.3 is 0 Å². The van der Waals surface area contributed by atoms with E-state index in [0.29, 0.717) is 17.7 Å². The molecule has 0 unspecified atom stereocenters. The highest BCUT2D eigenvalue weighted by molar-refractivity contribution is 6.21. The van der Waals surface area contributed by atoms with Gasteiger partial charge in [-0.1, -0.05) is 0 Å². The van der Waals surface area contributed by atoms with Crippen LogP contribution in [0.5, 0.6) is 0 Å². The summed E-state index contributed by atoms with van der Waals surface area (Å²) in [6.45, 7) is 0.604. The Bertz CT molecular complexity index is 705. The number of imide groups is 1. The fraction of sp³-hybridized carbons (Fsp3) is 0.214. The Labute approximate surface area is 116 Å². The van der Waals surface area contributed by atoms with E-state index in [1.165, 1.54) is 7.05 Å². The van der Waals surface area contributed by atoms with Crippen LogP contribution in [0, 0.1) is 0 Å². The highest BCUT2D eigenvalue weighted by Crippen LogP contribution is 2.24. The van der Waals surface area contributed by atoms with Gasteiger partial charge in [-0.15, -0.1) is 0 Å². The number of carbonyl (C=O) groups is 2. The first-order valence-electron chi connectivity index (χ1n) is 6.25. The molecular formula is C14H14N4O2. The predicted molar refractivity (Wildman–Crippen MR) is 73.4 cm³/mol. The first kappa shape index (κ1) is 12.4. The molecule has 0 bridgehead atoms. The third kappa shape index (κ3) is 1.85. The van der Waals surface area contributed by atoms with Crippen molar-refractivity contribution >= 4 is 17.5 Å². The Balaban J connectivity index is 1.82. The Kier molecular flexibility index (Phi) is 2.78. The van der Waals surface area contributed by atoms with Crippen molar-refractivity contribution in [3.8, 4) is 0 Å². The maximum absolute atomic E-state index is 11.9. The van der Waals surface area contributed by atoms with Gasteiger partial charge in [-0.05, 0) is 24.3 Å². The number of nitrogens with zero attached hydrogens (tertiary/aromatic N) is 3. The molecule has 0 radical (unpaired) electrons. The molecule has 2 heterocycles. The fourth-order valence-electron chi connectivity index (χ4n) is 2.24. The molecule has 20 heavy (non-hydrogen) atoms. The normalized spacial score (nSPS) is 13.8. The average molecular weight is 270 g/mol. The third-order valence-electron chi connectivity index (χ3n) is 3.49. The molecule has 0 spiro atoms. The molecule has 2 aromatic rings. The van der Waals surface area contributed by atoms with Crippen molar-refractivity contribution in [3.63, 3.8) is 0 Å². The van der Waals surface area contributed by atoms with Crippen LogP contribution >= 0.6 is 0 Å². The largest absolute Gasteiger partial charge is 0.379 e. The van der Waals surface area contributed by atoms with E-state index in [1.54, 1.807) is 29.1 Å². The Hall–Kier alpha value is -2.63. The van der Waals surface area contributed by atoms with Crippen molar-refractivity contribution in [1.29, 1.82) is 0 Å². The molecular weight excluding hydrogens is 256 g/mol. The molecule has 1 aliphatic rings. The molecule has 0 aliphatic carbocycles. The summed E-state index contributed by atoms with van der Waals surface area (Å²) >= 11 is 0. The van der Waals surface area contributed by atoms with Gasteiger partial charge in [0, 0.05) is 26.0 Å². The van der Waals surface area contributed by atoms with Crippen LogP contribution in [0.15, 0.2) is 30.5 Å². The molecule has 102 valence electrons. The van der Waals surface area contributed by atoms with E-state index in [2.05, 4.69) is 10.4 Å². The zero-order valence-electron chi connectivity index (χ0n) is 11.3. The van der Waals surface area contributed by atoms with Crippen LogP contribution in [0.4, 0.5) is 5.69 Å². The average Bonchev–Trinajstić information content (AvgIpc) is 2.95. The molecule has 3 rings (SSSR count). The van der Waals surface area contributed by atoms with Gasteiger partial charge in [0.2, 0.25) is 0 Å². The molecule has 0 atom stereocenters. The summed E-state index contributed by atoms with van der Waals surface area (Å²) in [5, 5.41) is 7.31. The summed E-state index contributed by atoms with van der Waals surface area (Å²) in [6, 6.07) is 7.13. The van der Waals surface area contributed by atoms with Crippen LogP contribution in [-0.4, -0.2) is 33.5 Å². The van der Waals surface area contributed by atoms with E-state index in [1.807, 2.05) is 13.1 Å². The number of hydrogen-bond donors (Lipinski definition) is 1. The second-order valence-corrected chi connectivity index (χ2v) is 4.73. The lowest BCUT2D eigenvalue weighted by atomic mass is 10.1. The summed E-state index contributed by atoms with van der Waals surface area (Å²) in [6.07, 6.45) is 1.73. The second kappa shape index (κ2) is 4.48. The maximum Gasteiger partial charge on any atom is 0.261 e. The molecule has 1 aliphatic heterocycles. The van der Waals surface area contributed by atoms with E-state index in [4.69, 9.17) is 0 Å². The van der Waals surface area contributed by atoms with Gasteiger partial charge in [-0.3, -0.25) is 19.2 Å². The Morgan fingerprint density at radius 1 is 1.10 bits per heavy atom. The predicted octanol–water partition coefficient (Wildman–Crippen LogP) is 1.26. The van der Waals surface area contributed by atoms with Crippen LogP contribution in [-0.2, 0) is 13.6 Å². The minimum absolute atomic E-state index is 0.247. The molecule has 1 N–H and O–H groups in total. The zero-order valence-corrected chi connectivity index (χ0v) is 11.3. The summed E-state index contributed by atoms with van der Waals surface area (Å²) < 4.78 is 1.78. The van der Waals surface area contributed by atoms with Gasteiger partial charge in [0.25, 0.3) is 11.8 Å². The fourth-order valence-corrected chi connectivity index (χ4v) is 2.24. The molecule has 0 fully saturated rings. The summed E-state index contributed by atoms with van der Waals surface area (Å²) in [7, 11) is 3.37. The molecule has 1 aromatic heterocycles. The van der Waals surface area contributed by atoms with Crippen molar-refractivity contribution in [1.82, 2.24) is 14.7 Å². The van der Waals surface area contributed by atoms with Crippen molar-refractivity contribution < 1.29 is 9.59 Å². The van der Waals surface area contributed by atoms with Gasteiger partial charge in [0.1, 0.15) is 0 Å². The topological polar surface area (TPSA) is 67.2 Å². The number of amides is 2. The number of benzene rings is 1. The zero-order chi connectivity index (χ0) is 14.3. The van der Waals surface area contributed by atoms with E-state index in [-0.39, 0.29) is 11.8 Å². The number of nitrogens with one attached hydrogen (secondary N) is 1. The minimum atomic E-state index is -0.255. The Morgan fingerprint density at radius 2 is 1.85 bits per heavy atom. The number of anilines is 1. The summed E-state index contributed by atoms with van der Waals surface area (Å²) in [5.74, 6) is -0.502. The molecule has 6 heteroatoms. The van der Waals surface area contributed by atoms with E-state index in [0.717, 1.165) is 16.3 Å². The molecule has 1 aromatic carbocycles. The molecule has 0 saturated carbocycles. The summed E-state index contributed by atoms with van der Waals surface area (Å²) in [5.41, 5.74) is 2.75. The van der Waals surface area contributed by atoms with Crippen LogP contribution < -0.4 is 5.32 Å². The lowest BCUT2D eigenvalue weighted by Crippen LogP contribution is -2.24. The number of rotatable bonds is 3. The van der Waals surface area contributed by atoms with E-state index >= 15 is 0 Å². The molecule has 6 nitrogen and oxygen atoms in total. The monoisotopic (exact) mass is 270 g/mol. The first-order chi connectivity index (χ1) is 9.58. The lowest BCUT2D eigenvalue weighted by Gasteiger charge is -2.07. The third-order valence-corrected chi connectivity index (χ3v) is 3.49. The van der Waals surface area contributed by atoms with Gasteiger partial charge < -0.3 is 5.32 Å². The van der Waals surface area contributed by atoms with E-state index < -0.39 is 0 Å². The van der Waals surface area contributed by atoms with Gasteiger partial charge in [0.05, 0.1) is 23.4 Å². The first-order valence-corrected chi connectivity index (χ1v) is 6.25. The van der Waals surface area contributed by atoms with Gasteiger partial charge in [-0.2, -0.15) is 5.10 Å². The number of aryl methyl sites for hydroxylation is 1. The number of aromatic nitrogens is 2. The van der Waals surface area contributed by atoms with Crippen molar-refractivity contribution in [2.75, 3.05) is 12.4 Å². The van der Waals surface area contributed by atoms with E-state index in [9.17, 15) is 9.59 Å². The lowest BCUT2D eigenvalue weighted by molar-refractivity contribution is 0.0693. The highest BCUT2D eigenvalue weighted by Gasteiger charge is 2.32. The number of carbonyl (C=O) groups excluding carboxylic acids is 2. The second-order valence-electron chi connectivity index (χ2n) is 4.73. The Morgan fingerprint density at radius 3 is 2.55 bits per heavy atom. The van der Waals surface area contributed by atoms with Crippen LogP contribution in [0.25, 0.3) is 0 Å². The van der Waals surface area contributed by atoms with Crippen LogP contribution in [0.2, 0.25) is 0 Å². The number of hydrogen-bond acceptors (Lipinski definition) is 4. The quantitative estimate of drug-likeness (QED) is 0.853. The molecule has 2 amide bonds.